The van der Waals surface area contributed by atoms with Gasteiger partial charge in [-0.1, -0.05) is 38.0 Å². The van der Waals surface area contributed by atoms with Crippen molar-refractivity contribution in [2.24, 2.45) is 0 Å². The third-order valence-electron chi connectivity index (χ3n) is 3.60. The van der Waals surface area contributed by atoms with Gasteiger partial charge in [-0.3, -0.25) is 4.79 Å². The summed E-state index contributed by atoms with van der Waals surface area (Å²) >= 11 is 0. The number of carbonyl (C=O) groups excluding carboxylic acids is 1. The van der Waals surface area contributed by atoms with Crippen LogP contribution in [-0.4, -0.2) is 16.8 Å². The molecule has 1 aromatic rings. The molecule has 0 bridgehead atoms. The quantitative estimate of drug-likeness (QED) is 0.683. The van der Waals surface area contributed by atoms with Gasteiger partial charge in [0.25, 0.3) is 0 Å². The van der Waals surface area contributed by atoms with E-state index in [1.54, 1.807) is 12.1 Å². The molecule has 0 aromatic heterocycles. The summed E-state index contributed by atoms with van der Waals surface area (Å²) in [5.41, 5.74) is 0.623. The third-order valence-corrected chi connectivity index (χ3v) is 3.60. The van der Waals surface area contributed by atoms with Crippen molar-refractivity contribution in [3.8, 4) is 0 Å². The van der Waals surface area contributed by atoms with Crippen LogP contribution in [0.1, 0.15) is 51.0 Å². The van der Waals surface area contributed by atoms with Gasteiger partial charge in [-0.25, -0.2) is 4.39 Å². The van der Waals surface area contributed by atoms with E-state index in [0.29, 0.717) is 24.6 Å². The van der Waals surface area contributed by atoms with E-state index in [0.717, 1.165) is 32.1 Å². The number of carbonyl (C=O) groups is 1. The maximum Gasteiger partial charge on any atom is 0.223 e. The van der Waals surface area contributed by atoms with E-state index in [-0.39, 0.29) is 11.7 Å². The molecule has 0 radical (unpaired) electrons. The minimum Gasteiger partial charge on any atom is -0.335 e. The Morgan fingerprint density at radius 1 is 1.32 bits per heavy atom. The van der Waals surface area contributed by atoms with Gasteiger partial charge in [0.1, 0.15) is 5.82 Å². The van der Waals surface area contributed by atoms with Crippen LogP contribution < -0.4 is 0 Å². The standard InChI is InChI=1S/C16H22FNO/c1-2-3-4-9-16(19)18(14-10-11-14)12-13-7-5-6-8-15(13)17/h5-8,14H,2-4,9-12H2,1H3. The van der Waals surface area contributed by atoms with Crippen molar-refractivity contribution in [3.63, 3.8) is 0 Å². The van der Waals surface area contributed by atoms with Crippen LogP contribution in [0.15, 0.2) is 24.3 Å². The van der Waals surface area contributed by atoms with Crippen LogP contribution in [0.25, 0.3) is 0 Å². The molecule has 1 fully saturated rings. The van der Waals surface area contributed by atoms with Crippen molar-refractivity contribution in [1.82, 2.24) is 4.90 Å². The lowest BCUT2D eigenvalue weighted by Gasteiger charge is -2.23. The average Bonchev–Trinajstić information content (AvgIpc) is 3.22. The Morgan fingerprint density at radius 2 is 2.05 bits per heavy atom. The zero-order valence-corrected chi connectivity index (χ0v) is 11.6. The predicted octanol–water partition coefficient (Wildman–Crippen LogP) is 3.90. The number of hydrogen-bond acceptors (Lipinski definition) is 1. The van der Waals surface area contributed by atoms with Crippen LogP contribution in [0, 0.1) is 5.82 Å². The molecule has 1 amide bonds. The highest BCUT2D eigenvalue weighted by molar-refractivity contribution is 5.76. The molecule has 1 aliphatic rings. The Balaban J connectivity index is 1.96. The van der Waals surface area contributed by atoms with Crippen LogP contribution in [0.4, 0.5) is 4.39 Å². The molecule has 0 unspecified atom stereocenters. The molecule has 0 spiro atoms. The fourth-order valence-corrected chi connectivity index (χ4v) is 2.29. The van der Waals surface area contributed by atoms with Crippen molar-refractivity contribution in [3.05, 3.63) is 35.6 Å². The van der Waals surface area contributed by atoms with Crippen LogP contribution in [0.5, 0.6) is 0 Å². The Bertz CT molecular complexity index is 429. The highest BCUT2D eigenvalue weighted by Crippen LogP contribution is 2.29. The van der Waals surface area contributed by atoms with Gasteiger partial charge in [0.2, 0.25) is 5.91 Å². The molecule has 2 rings (SSSR count). The monoisotopic (exact) mass is 263 g/mol. The van der Waals surface area contributed by atoms with E-state index < -0.39 is 0 Å². The molecule has 2 nitrogen and oxygen atoms in total. The smallest absolute Gasteiger partial charge is 0.223 e. The second-order valence-corrected chi connectivity index (χ2v) is 5.30. The number of amides is 1. The Kier molecular flexibility index (Phi) is 4.94. The molecule has 0 atom stereocenters. The number of benzene rings is 1. The highest BCUT2D eigenvalue weighted by atomic mass is 19.1. The molecule has 0 heterocycles. The summed E-state index contributed by atoms with van der Waals surface area (Å²) in [5, 5.41) is 0. The molecule has 1 saturated carbocycles. The van der Waals surface area contributed by atoms with Gasteiger partial charge in [0, 0.05) is 24.6 Å². The summed E-state index contributed by atoms with van der Waals surface area (Å²) in [6, 6.07) is 7.08. The number of hydrogen-bond donors (Lipinski definition) is 0. The van der Waals surface area contributed by atoms with Crippen molar-refractivity contribution < 1.29 is 9.18 Å². The summed E-state index contributed by atoms with van der Waals surface area (Å²) in [6.45, 7) is 2.55. The SMILES string of the molecule is CCCCCC(=O)N(Cc1ccccc1F)C1CC1. The molecule has 3 heteroatoms. The van der Waals surface area contributed by atoms with Gasteiger partial charge in [0.05, 0.1) is 0 Å². The highest BCUT2D eigenvalue weighted by Gasteiger charge is 2.32. The molecular formula is C16H22FNO. The molecule has 0 aliphatic heterocycles. The van der Waals surface area contributed by atoms with Gasteiger partial charge >= 0.3 is 0 Å². The number of halogens is 1. The third kappa shape index (κ3) is 4.05. The lowest BCUT2D eigenvalue weighted by molar-refractivity contribution is -0.132. The maximum atomic E-state index is 13.7. The average molecular weight is 263 g/mol. The Labute approximate surface area is 114 Å². The van der Waals surface area contributed by atoms with E-state index in [9.17, 15) is 9.18 Å². The molecule has 1 aromatic carbocycles. The first-order valence-corrected chi connectivity index (χ1v) is 7.25. The van der Waals surface area contributed by atoms with Crippen LogP contribution >= 0.6 is 0 Å². The number of nitrogens with zero attached hydrogens (tertiary/aromatic N) is 1. The molecule has 0 saturated heterocycles. The molecule has 1 aliphatic carbocycles. The minimum absolute atomic E-state index is 0.180. The van der Waals surface area contributed by atoms with Crippen LogP contribution in [0.2, 0.25) is 0 Å². The summed E-state index contributed by atoms with van der Waals surface area (Å²) in [7, 11) is 0. The van der Waals surface area contributed by atoms with E-state index in [2.05, 4.69) is 6.92 Å². The van der Waals surface area contributed by atoms with Crippen molar-refractivity contribution in [2.45, 2.75) is 58.0 Å². The largest absolute Gasteiger partial charge is 0.335 e. The fourth-order valence-electron chi connectivity index (χ4n) is 2.29. The molecule has 104 valence electrons. The van der Waals surface area contributed by atoms with Crippen LogP contribution in [-0.2, 0) is 11.3 Å². The fraction of sp³-hybridized carbons (Fsp3) is 0.562. The summed E-state index contributed by atoms with van der Waals surface area (Å²) in [4.78, 5) is 14.1. The van der Waals surface area contributed by atoms with Gasteiger partial charge in [-0.2, -0.15) is 0 Å². The zero-order valence-electron chi connectivity index (χ0n) is 11.6. The second kappa shape index (κ2) is 6.69. The van der Waals surface area contributed by atoms with E-state index in [1.165, 1.54) is 6.07 Å². The lowest BCUT2D eigenvalue weighted by atomic mass is 10.1. The first kappa shape index (κ1) is 14.0. The van der Waals surface area contributed by atoms with Crippen molar-refractivity contribution >= 4 is 5.91 Å². The van der Waals surface area contributed by atoms with Crippen molar-refractivity contribution in [2.75, 3.05) is 0 Å². The lowest BCUT2D eigenvalue weighted by Crippen LogP contribution is -2.32. The summed E-state index contributed by atoms with van der Waals surface area (Å²) in [6.07, 6.45) is 5.87. The number of unbranched alkanes of at least 4 members (excludes halogenated alkanes) is 2. The summed E-state index contributed by atoms with van der Waals surface area (Å²) in [5.74, 6) is -0.0336. The van der Waals surface area contributed by atoms with E-state index in [1.807, 2.05) is 11.0 Å². The van der Waals surface area contributed by atoms with Gasteiger partial charge in [-0.05, 0) is 25.3 Å². The summed E-state index contributed by atoms with van der Waals surface area (Å²) < 4.78 is 13.7. The van der Waals surface area contributed by atoms with Crippen LogP contribution in [0.3, 0.4) is 0 Å². The van der Waals surface area contributed by atoms with Gasteiger partial charge < -0.3 is 4.90 Å². The normalized spacial score (nSPS) is 14.4. The molecule has 0 N–H and O–H groups in total. The van der Waals surface area contributed by atoms with Crippen molar-refractivity contribution in [1.29, 1.82) is 0 Å². The minimum atomic E-state index is -0.213. The zero-order chi connectivity index (χ0) is 13.7. The predicted molar refractivity (Wildman–Crippen MR) is 74.1 cm³/mol. The molecule has 19 heavy (non-hydrogen) atoms. The second-order valence-electron chi connectivity index (χ2n) is 5.30. The first-order valence-electron chi connectivity index (χ1n) is 7.25. The Hall–Kier alpha value is -1.38. The maximum absolute atomic E-state index is 13.7. The van der Waals surface area contributed by atoms with Gasteiger partial charge in [-0.15, -0.1) is 0 Å². The number of rotatable bonds is 7. The van der Waals surface area contributed by atoms with E-state index >= 15 is 0 Å². The Morgan fingerprint density at radius 3 is 2.68 bits per heavy atom. The van der Waals surface area contributed by atoms with Gasteiger partial charge in [0.15, 0.2) is 0 Å². The first-order chi connectivity index (χ1) is 9.22. The topological polar surface area (TPSA) is 20.3 Å². The molecular weight excluding hydrogens is 241 g/mol. The van der Waals surface area contributed by atoms with E-state index in [4.69, 9.17) is 0 Å².